The Bertz CT molecular complexity index is 1110. The molecule has 3 heteroatoms. The number of halogens is 1. The molecule has 162 valence electrons. The predicted molar refractivity (Wildman–Crippen MR) is 147 cm³/mol. The van der Waals surface area contributed by atoms with Crippen molar-refractivity contribution in [3.05, 3.63) is 132 Å². The van der Waals surface area contributed by atoms with E-state index in [2.05, 4.69) is 157 Å². The maximum atomic E-state index is 4.48. The molecule has 0 aliphatic rings. The van der Waals surface area contributed by atoms with Crippen LogP contribution in [-0.4, -0.2) is 0 Å². The van der Waals surface area contributed by atoms with E-state index in [4.69, 9.17) is 0 Å². The van der Waals surface area contributed by atoms with E-state index in [1.165, 1.54) is 32.7 Å². The van der Waals surface area contributed by atoms with Crippen LogP contribution in [0.15, 0.2) is 121 Å². The number of hydrogen-bond acceptors (Lipinski definition) is 1. The SMILES string of the molecule is CC(=CP(Br)(c1ccccc1)(c1ccccc1)c1ccccc1)Nc1c(C)cccc1C. The Balaban J connectivity index is 2.03. The van der Waals surface area contributed by atoms with Gasteiger partial charge in [0.25, 0.3) is 0 Å². The normalized spacial score (nSPS) is 13.2. The Morgan fingerprint density at radius 3 is 1.38 bits per heavy atom. The Morgan fingerprint density at radius 1 is 0.625 bits per heavy atom. The van der Waals surface area contributed by atoms with Crippen molar-refractivity contribution in [1.29, 1.82) is 0 Å². The summed E-state index contributed by atoms with van der Waals surface area (Å²) >= 11 is 4.48. The average molecular weight is 502 g/mol. The van der Waals surface area contributed by atoms with Crippen molar-refractivity contribution in [2.24, 2.45) is 0 Å². The first-order valence-corrected chi connectivity index (χ1v) is 15.2. The first-order valence-electron chi connectivity index (χ1n) is 10.9. The van der Waals surface area contributed by atoms with Crippen LogP contribution in [0, 0.1) is 13.8 Å². The molecule has 0 bridgehead atoms. The van der Waals surface area contributed by atoms with Crippen LogP contribution >= 0.6 is 20.8 Å². The Labute approximate surface area is 199 Å². The molecule has 0 heterocycles. The topological polar surface area (TPSA) is 12.0 Å². The summed E-state index contributed by atoms with van der Waals surface area (Å²) in [6, 6.07) is 38.9. The van der Waals surface area contributed by atoms with Gasteiger partial charge in [-0.3, -0.25) is 0 Å². The van der Waals surface area contributed by atoms with Gasteiger partial charge in [0.05, 0.1) is 0 Å². The predicted octanol–water partition coefficient (Wildman–Crippen LogP) is 7.42. The van der Waals surface area contributed by atoms with Gasteiger partial charge in [0.1, 0.15) is 0 Å². The molecule has 0 spiro atoms. The number of para-hydroxylation sites is 1. The van der Waals surface area contributed by atoms with Crippen molar-refractivity contribution in [1.82, 2.24) is 0 Å². The summed E-state index contributed by atoms with van der Waals surface area (Å²) in [6.07, 6.45) is 0. The minimum atomic E-state index is -3.11. The van der Waals surface area contributed by atoms with Gasteiger partial charge in [-0.25, -0.2) is 0 Å². The van der Waals surface area contributed by atoms with Crippen molar-refractivity contribution < 1.29 is 0 Å². The van der Waals surface area contributed by atoms with E-state index in [1.807, 2.05) is 0 Å². The second-order valence-electron chi connectivity index (χ2n) is 8.28. The molecule has 0 unspecified atom stereocenters. The molecular weight excluding hydrogens is 473 g/mol. The molecule has 0 fully saturated rings. The molecule has 0 aliphatic heterocycles. The Kier molecular flexibility index (Phi) is 6.38. The van der Waals surface area contributed by atoms with Gasteiger partial charge >= 0.3 is 200 Å². The van der Waals surface area contributed by atoms with Gasteiger partial charge in [-0.05, 0) is 0 Å². The van der Waals surface area contributed by atoms with Crippen LogP contribution < -0.4 is 21.2 Å². The van der Waals surface area contributed by atoms with Crippen molar-refractivity contribution in [3.8, 4) is 0 Å². The summed E-state index contributed by atoms with van der Waals surface area (Å²) in [4.78, 5) is 0. The van der Waals surface area contributed by atoms with Gasteiger partial charge < -0.3 is 0 Å². The summed E-state index contributed by atoms with van der Waals surface area (Å²) in [5.41, 5.74) is 4.78. The Hall–Kier alpha value is -2.67. The van der Waals surface area contributed by atoms with E-state index in [-0.39, 0.29) is 0 Å². The molecule has 32 heavy (non-hydrogen) atoms. The molecular formula is C29H29BrNP. The van der Waals surface area contributed by atoms with Gasteiger partial charge in [-0.1, -0.05) is 0 Å². The molecule has 1 N–H and O–H groups in total. The monoisotopic (exact) mass is 501 g/mol. The van der Waals surface area contributed by atoms with Gasteiger partial charge in [-0.2, -0.15) is 0 Å². The van der Waals surface area contributed by atoms with Crippen LogP contribution in [-0.2, 0) is 0 Å². The molecule has 0 saturated carbocycles. The fraction of sp³-hybridized carbons (Fsp3) is 0.103. The number of benzene rings is 4. The van der Waals surface area contributed by atoms with Crippen LogP contribution in [0.3, 0.4) is 0 Å². The number of aryl methyl sites for hydroxylation is 2. The summed E-state index contributed by atoms with van der Waals surface area (Å²) in [5, 5.41) is 4.46. The van der Waals surface area contributed by atoms with Crippen molar-refractivity contribution in [3.63, 3.8) is 0 Å². The van der Waals surface area contributed by atoms with Gasteiger partial charge in [0.2, 0.25) is 0 Å². The standard InChI is InChI=1S/C29H29BrNP/c1-23-14-13-15-24(2)29(23)31-25(3)22-32(30,26-16-7-4-8-17-26,27-18-9-5-10-19-27)28-20-11-6-12-21-28/h4-22,31H,1-3H3. The van der Waals surface area contributed by atoms with Crippen LogP contribution in [0.2, 0.25) is 0 Å². The van der Waals surface area contributed by atoms with E-state index >= 15 is 0 Å². The van der Waals surface area contributed by atoms with E-state index in [0.29, 0.717) is 0 Å². The number of anilines is 1. The first kappa shape index (κ1) is 22.5. The third-order valence-corrected chi connectivity index (χ3v) is 15.1. The molecule has 0 atom stereocenters. The zero-order chi connectivity index (χ0) is 22.6. The fourth-order valence-corrected chi connectivity index (χ4v) is 11.9. The molecule has 0 amide bonds. The van der Waals surface area contributed by atoms with Crippen molar-refractivity contribution in [2.75, 3.05) is 5.32 Å². The summed E-state index contributed by atoms with van der Waals surface area (Å²) in [7, 11) is 0. The maximum absolute atomic E-state index is 4.48. The van der Waals surface area contributed by atoms with Crippen molar-refractivity contribution in [2.45, 2.75) is 20.8 Å². The molecule has 0 aliphatic carbocycles. The molecule has 4 aromatic carbocycles. The molecule has 0 aromatic heterocycles. The quantitative estimate of drug-likeness (QED) is 0.271. The third kappa shape index (κ3) is 3.94. The number of rotatable bonds is 6. The number of nitrogens with one attached hydrogen (secondary N) is 1. The van der Waals surface area contributed by atoms with Crippen LogP contribution in [0.4, 0.5) is 5.69 Å². The van der Waals surface area contributed by atoms with E-state index in [0.717, 1.165) is 5.70 Å². The van der Waals surface area contributed by atoms with E-state index in [1.54, 1.807) is 0 Å². The number of allylic oxidation sites excluding steroid dienone is 1. The van der Waals surface area contributed by atoms with Gasteiger partial charge in [0.15, 0.2) is 0 Å². The first-order chi connectivity index (χ1) is 15.4. The van der Waals surface area contributed by atoms with Crippen LogP contribution in [0.25, 0.3) is 0 Å². The average Bonchev–Trinajstić information content (AvgIpc) is 2.83. The van der Waals surface area contributed by atoms with E-state index < -0.39 is 5.31 Å². The molecule has 1 nitrogen and oxygen atoms in total. The van der Waals surface area contributed by atoms with E-state index in [9.17, 15) is 0 Å². The van der Waals surface area contributed by atoms with Crippen LogP contribution in [0.1, 0.15) is 18.1 Å². The second kappa shape index (κ2) is 9.06. The summed E-state index contributed by atoms with van der Waals surface area (Å²) in [5.74, 6) is 2.44. The molecule has 4 rings (SSSR count). The Morgan fingerprint density at radius 2 is 1.00 bits per heavy atom. The summed E-state index contributed by atoms with van der Waals surface area (Å²) < 4.78 is 0. The van der Waals surface area contributed by atoms with Gasteiger partial charge in [-0.15, -0.1) is 0 Å². The fourth-order valence-electron chi connectivity index (χ4n) is 4.43. The third-order valence-electron chi connectivity index (χ3n) is 6.02. The molecule has 0 radical (unpaired) electrons. The zero-order valence-corrected chi connectivity index (χ0v) is 21.3. The van der Waals surface area contributed by atoms with Crippen molar-refractivity contribution >= 4 is 42.4 Å². The zero-order valence-electron chi connectivity index (χ0n) is 18.8. The molecule has 4 aromatic rings. The van der Waals surface area contributed by atoms with Gasteiger partial charge in [0, 0.05) is 0 Å². The second-order valence-corrected chi connectivity index (χ2v) is 16.7. The number of hydrogen-bond donors (Lipinski definition) is 1. The summed E-state index contributed by atoms with van der Waals surface area (Å²) in [6.45, 7) is 6.48. The van der Waals surface area contributed by atoms with Crippen LogP contribution in [0.5, 0.6) is 0 Å². The molecule has 0 saturated heterocycles. The minimum absolute atomic E-state index is 1.12.